The molecule has 0 aliphatic rings. The molecule has 2 aromatic rings. The highest BCUT2D eigenvalue weighted by molar-refractivity contribution is 6.24. The van der Waals surface area contributed by atoms with Gasteiger partial charge in [0.05, 0.1) is 0 Å². The predicted octanol–water partition coefficient (Wildman–Crippen LogP) is 6.07. The minimum atomic E-state index is -0.0222. The van der Waals surface area contributed by atoms with E-state index in [0.717, 1.165) is 29.8 Å². The SMILES string of the molecule is CCCCCCCCCCNC(=O)/C(=C\c1ccc(N)cc1)c1ccccc1. The molecule has 3 N–H and O–H groups in total. The first-order valence-corrected chi connectivity index (χ1v) is 10.6. The molecule has 0 saturated heterocycles. The maximum atomic E-state index is 12.8. The summed E-state index contributed by atoms with van der Waals surface area (Å²) in [6.07, 6.45) is 12.0. The molecule has 0 aromatic heterocycles. The summed E-state index contributed by atoms with van der Waals surface area (Å²) in [7, 11) is 0. The van der Waals surface area contributed by atoms with Gasteiger partial charge in [-0.05, 0) is 35.8 Å². The van der Waals surface area contributed by atoms with Gasteiger partial charge in [-0.15, -0.1) is 0 Å². The number of rotatable bonds is 12. The molecule has 0 fully saturated rings. The third-order valence-corrected chi connectivity index (χ3v) is 4.89. The number of nitrogens with one attached hydrogen (secondary N) is 1. The van der Waals surface area contributed by atoms with Crippen LogP contribution in [0.2, 0.25) is 0 Å². The molecule has 0 unspecified atom stereocenters. The van der Waals surface area contributed by atoms with Crippen molar-refractivity contribution in [3.05, 3.63) is 65.7 Å². The summed E-state index contributed by atoms with van der Waals surface area (Å²) in [5, 5.41) is 3.09. The van der Waals surface area contributed by atoms with Crippen molar-refractivity contribution in [2.75, 3.05) is 12.3 Å². The summed E-state index contributed by atoms with van der Waals surface area (Å²) < 4.78 is 0. The van der Waals surface area contributed by atoms with E-state index in [0.29, 0.717) is 5.57 Å². The summed E-state index contributed by atoms with van der Waals surface area (Å²) in [6.45, 7) is 2.97. The molecule has 0 heterocycles. The van der Waals surface area contributed by atoms with E-state index in [9.17, 15) is 4.79 Å². The average Bonchev–Trinajstić information content (AvgIpc) is 2.72. The molecule has 3 nitrogen and oxygen atoms in total. The Bertz CT molecular complexity index is 720. The Morgan fingerprint density at radius 1 is 0.857 bits per heavy atom. The van der Waals surface area contributed by atoms with E-state index in [2.05, 4.69) is 12.2 Å². The van der Waals surface area contributed by atoms with Gasteiger partial charge in [0.2, 0.25) is 0 Å². The minimum Gasteiger partial charge on any atom is -0.399 e. The third kappa shape index (κ3) is 7.99. The van der Waals surface area contributed by atoms with Crippen LogP contribution in [-0.4, -0.2) is 12.5 Å². The van der Waals surface area contributed by atoms with Crippen molar-refractivity contribution in [3.63, 3.8) is 0 Å². The number of hydrogen-bond acceptors (Lipinski definition) is 2. The summed E-state index contributed by atoms with van der Waals surface area (Å²) in [6, 6.07) is 17.4. The van der Waals surface area contributed by atoms with Gasteiger partial charge >= 0.3 is 0 Å². The van der Waals surface area contributed by atoms with Crippen LogP contribution >= 0.6 is 0 Å². The molecule has 0 aliphatic heterocycles. The Kier molecular flexibility index (Phi) is 9.92. The predicted molar refractivity (Wildman–Crippen MR) is 121 cm³/mol. The molecule has 28 heavy (non-hydrogen) atoms. The van der Waals surface area contributed by atoms with Crippen LogP contribution < -0.4 is 11.1 Å². The van der Waals surface area contributed by atoms with Gasteiger partial charge in [0.25, 0.3) is 5.91 Å². The Hall–Kier alpha value is -2.55. The van der Waals surface area contributed by atoms with E-state index in [4.69, 9.17) is 5.73 Å². The van der Waals surface area contributed by atoms with Gasteiger partial charge < -0.3 is 11.1 Å². The number of benzene rings is 2. The normalized spacial score (nSPS) is 11.4. The molecule has 0 aliphatic carbocycles. The summed E-state index contributed by atoms with van der Waals surface area (Å²) >= 11 is 0. The van der Waals surface area contributed by atoms with Gasteiger partial charge in [0.1, 0.15) is 0 Å². The van der Waals surface area contributed by atoms with Crippen LogP contribution in [-0.2, 0) is 4.79 Å². The van der Waals surface area contributed by atoms with Crippen molar-refractivity contribution in [2.24, 2.45) is 0 Å². The number of nitrogen functional groups attached to an aromatic ring is 1. The maximum Gasteiger partial charge on any atom is 0.251 e. The van der Waals surface area contributed by atoms with Crippen molar-refractivity contribution in [3.8, 4) is 0 Å². The number of unbranched alkanes of at least 4 members (excludes halogenated alkanes) is 7. The molecule has 1 amide bonds. The zero-order valence-electron chi connectivity index (χ0n) is 17.1. The van der Waals surface area contributed by atoms with Crippen LogP contribution in [0.4, 0.5) is 5.69 Å². The first-order valence-electron chi connectivity index (χ1n) is 10.6. The lowest BCUT2D eigenvalue weighted by Gasteiger charge is -2.10. The molecular formula is C25H34N2O. The van der Waals surface area contributed by atoms with Gasteiger partial charge in [-0.1, -0.05) is 94.3 Å². The van der Waals surface area contributed by atoms with E-state index in [1.165, 1.54) is 44.9 Å². The lowest BCUT2D eigenvalue weighted by atomic mass is 10.0. The lowest BCUT2D eigenvalue weighted by molar-refractivity contribution is -0.115. The monoisotopic (exact) mass is 378 g/mol. The molecule has 0 saturated carbocycles. The molecular weight excluding hydrogens is 344 g/mol. The third-order valence-electron chi connectivity index (χ3n) is 4.89. The van der Waals surface area contributed by atoms with Crippen LogP contribution in [0.15, 0.2) is 54.6 Å². The molecule has 0 bridgehead atoms. The Morgan fingerprint density at radius 3 is 2.11 bits per heavy atom. The van der Waals surface area contributed by atoms with Crippen LogP contribution in [0.25, 0.3) is 11.6 Å². The van der Waals surface area contributed by atoms with Gasteiger partial charge in [0.15, 0.2) is 0 Å². The lowest BCUT2D eigenvalue weighted by Crippen LogP contribution is -2.25. The Labute approximate surface area is 170 Å². The minimum absolute atomic E-state index is 0.0222. The van der Waals surface area contributed by atoms with Gasteiger partial charge in [-0.2, -0.15) is 0 Å². The summed E-state index contributed by atoms with van der Waals surface area (Å²) in [4.78, 5) is 12.8. The fourth-order valence-corrected chi connectivity index (χ4v) is 3.21. The number of anilines is 1. The fraction of sp³-hybridized carbons (Fsp3) is 0.400. The highest BCUT2D eigenvalue weighted by Crippen LogP contribution is 2.19. The standard InChI is InChI=1S/C25H34N2O/c1-2-3-4-5-6-7-8-12-19-27-25(28)24(22-13-10-9-11-14-22)20-21-15-17-23(26)18-16-21/h9-11,13-18,20H,2-8,12,19,26H2,1H3,(H,27,28)/b24-20-. The highest BCUT2D eigenvalue weighted by atomic mass is 16.1. The van der Waals surface area contributed by atoms with Crippen molar-refractivity contribution >= 4 is 23.2 Å². The molecule has 150 valence electrons. The molecule has 3 heteroatoms. The zero-order chi connectivity index (χ0) is 20.0. The molecule has 0 atom stereocenters. The number of carbonyl (C=O) groups is 1. The van der Waals surface area contributed by atoms with E-state index >= 15 is 0 Å². The van der Waals surface area contributed by atoms with Crippen molar-refractivity contribution in [2.45, 2.75) is 58.3 Å². The number of amides is 1. The Balaban J connectivity index is 1.87. The van der Waals surface area contributed by atoms with E-state index in [-0.39, 0.29) is 5.91 Å². The molecule has 0 radical (unpaired) electrons. The second kappa shape index (κ2) is 12.8. The first kappa shape index (κ1) is 21.7. The quantitative estimate of drug-likeness (QED) is 0.204. The maximum absolute atomic E-state index is 12.8. The van der Waals surface area contributed by atoms with Crippen molar-refractivity contribution < 1.29 is 4.79 Å². The number of hydrogen-bond donors (Lipinski definition) is 2. The van der Waals surface area contributed by atoms with Crippen molar-refractivity contribution in [1.29, 1.82) is 0 Å². The van der Waals surface area contributed by atoms with Gasteiger partial charge in [0, 0.05) is 17.8 Å². The van der Waals surface area contributed by atoms with Gasteiger partial charge in [-0.3, -0.25) is 4.79 Å². The zero-order valence-corrected chi connectivity index (χ0v) is 17.1. The van der Waals surface area contributed by atoms with Crippen LogP contribution in [0.5, 0.6) is 0 Å². The average molecular weight is 379 g/mol. The van der Waals surface area contributed by atoms with E-state index in [1.54, 1.807) is 0 Å². The largest absolute Gasteiger partial charge is 0.399 e. The second-order valence-electron chi connectivity index (χ2n) is 7.32. The van der Waals surface area contributed by atoms with Crippen LogP contribution in [0.1, 0.15) is 69.4 Å². The first-order chi connectivity index (χ1) is 13.7. The Morgan fingerprint density at radius 2 is 1.46 bits per heavy atom. The fourth-order valence-electron chi connectivity index (χ4n) is 3.21. The smallest absolute Gasteiger partial charge is 0.251 e. The molecule has 2 aromatic carbocycles. The van der Waals surface area contributed by atoms with Gasteiger partial charge in [-0.25, -0.2) is 0 Å². The van der Waals surface area contributed by atoms with Crippen LogP contribution in [0, 0.1) is 0 Å². The van der Waals surface area contributed by atoms with E-state index < -0.39 is 0 Å². The second-order valence-corrected chi connectivity index (χ2v) is 7.32. The molecule has 0 spiro atoms. The highest BCUT2D eigenvalue weighted by Gasteiger charge is 2.11. The van der Waals surface area contributed by atoms with Crippen molar-refractivity contribution in [1.82, 2.24) is 5.32 Å². The summed E-state index contributed by atoms with van der Waals surface area (Å²) in [5.74, 6) is -0.0222. The number of carbonyl (C=O) groups excluding carboxylic acids is 1. The van der Waals surface area contributed by atoms with Crippen LogP contribution in [0.3, 0.4) is 0 Å². The van der Waals surface area contributed by atoms with E-state index in [1.807, 2.05) is 60.7 Å². The number of nitrogens with two attached hydrogens (primary N) is 1. The molecule has 2 rings (SSSR count). The topological polar surface area (TPSA) is 55.1 Å². The summed E-state index contributed by atoms with van der Waals surface area (Å²) in [5.41, 5.74) is 9.06.